The summed E-state index contributed by atoms with van der Waals surface area (Å²) in [7, 11) is -1.66. The van der Waals surface area contributed by atoms with Gasteiger partial charge in [0.15, 0.2) is 0 Å². The topological polar surface area (TPSA) is 98.5 Å². The molecule has 0 fully saturated rings. The molecule has 0 spiro atoms. The van der Waals surface area contributed by atoms with E-state index in [1.54, 1.807) is 0 Å². The number of unbranched alkanes of at least 4 members (excludes halogenated alkanes) is 2. The van der Waals surface area contributed by atoms with Crippen LogP contribution in [0.3, 0.4) is 0 Å². The van der Waals surface area contributed by atoms with Gasteiger partial charge < -0.3 is 10.5 Å². The Labute approximate surface area is 175 Å². The Bertz CT molecular complexity index is 943. The fourth-order valence-electron chi connectivity index (χ4n) is 2.57. The van der Waals surface area contributed by atoms with Gasteiger partial charge in [-0.2, -0.15) is 8.78 Å². The number of hydrogen-bond donors (Lipinski definition) is 2. The summed E-state index contributed by atoms with van der Waals surface area (Å²) in [6.45, 7) is 0. The molecule has 1 atom stereocenters. The van der Waals surface area contributed by atoms with Gasteiger partial charge in [-0.3, -0.25) is 0 Å². The van der Waals surface area contributed by atoms with Crippen LogP contribution in [-0.4, -0.2) is 22.1 Å². The highest BCUT2D eigenvalue weighted by atomic mass is 32.2. The standard InChI is InChI=1S/C21H22F3N3O2S/c22-16-6-4-15(5-7-16)19(27-17-8-10-18(11-9-17)30(26)29)14-20(25)21(23,24)12-2-1-3-13-28/h4-11,13-14H,1-3,12,25-26H2/b20-14-,27-19?. The summed E-state index contributed by atoms with van der Waals surface area (Å²) in [5, 5.41) is 5.32. The van der Waals surface area contributed by atoms with E-state index in [0.29, 0.717) is 28.9 Å². The van der Waals surface area contributed by atoms with Crippen molar-refractivity contribution in [1.82, 2.24) is 0 Å². The molecule has 30 heavy (non-hydrogen) atoms. The third-order valence-corrected chi connectivity index (χ3v) is 4.97. The van der Waals surface area contributed by atoms with Crippen molar-refractivity contribution in [3.05, 3.63) is 71.7 Å². The number of carbonyl (C=O) groups excluding carboxylic acids is 1. The van der Waals surface area contributed by atoms with Crippen LogP contribution in [-0.2, 0) is 15.8 Å². The van der Waals surface area contributed by atoms with Crippen LogP contribution in [0.2, 0.25) is 0 Å². The van der Waals surface area contributed by atoms with Crippen LogP contribution in [0.25, 0.3) is 0 Å². The third-order valence-electron chi connectivity index (χ3n) is 4.24. The summed E-state index contributed by atoms with van der Waals surface area (Å²) >= 11 is 0. The van der Waals surface area contributed by atoms with E-state index in [1.165, 1.54) is 48.5 Å². The van der Waals surface area contributed by atoms with E-state index >= 15 is 0 Å². The Hall–Kier alpha value is -2.78. The van der Waals surface area contributed by atoms with Crippen molar-refractivity contribution in [2.75, 3.05) is 0 Å². The van der Waals surface area contributed by atoms with Gasteiger partial charge in [-0.15, -0.1) is 0 Å². The average molecular weight is 437 g/mol. The van der Waals surface area contributed by atoms with Crippen LogP contribution in [0.15, 0.2) is 70.2 Å². The summed E-state index contributed by atoms with van der Waals surface area (Å²) in [5.74, 6) is -3.77. The highest BCUT2D eigenvalue weighted by molar-refractivity contribution is 7.82. The normalized spacial score (nSPS) is 13.9. The lowest BCUT2D eigenvalue weighted by atomic mass is 10.0. The molecule has 4 N–H and O–H groups in total. The molecule has 2 aromatic carbocycles. The predicted octanol–water partition coefficient (Wildman–Crippen LogP) is 4.17. The van der Waals surface area contributed by atoms with Crippen LogP contribution in [0.4, 0.5) is 18.9 Å². The van der Waals surface area contributed by atoms with Gasteiger partial charge in [-0.05, 0) is 67.4 Å². The van der Waals surface area contributed by atoms with E-state index in [0.717, 1.165) is 6.08 Å². The highest BCUT2D eigenvalue weighted by Crippen LogP contribution is 2.28. The number of aldehydes is 1. The van der Waals surface area contributed by atoms with E-state index in [9.17, 15) is 22.2 Å². The predicted molar refractivity (Wildman–Crippen MR) is 111 cm³/mol. The molecule has 0 radical (unpaired) electrons. The molecular weight excluding hydrogens is 415 g/mol. The lowest BCUT2D eigenvalue weighted by Crippen LogP contribution is -2.26. The Morgan fingerprint density at radius 3 is 2.27 bits per heavy atom. The highest BCUT2D eigenvalue weighted by Gasteiger charge is 2.32. The van der Waals surface area contributed by atoms with Crippen LogP contribution in [0, 0.1) is 5.82 Å². The number of hydrogen-bond acceptors (Lipinski definition) is 4. The first-order chi connectivity index (χ1) is 14.2. The molecule has 5 nitrogen and oxygen atoms in total. The molecule has 0 aliphatic rings. The van der Waals surface area contributed by atoms with E-state index in [4.69, 9.17) is 10.9 Å². The van der Waals surface area contributed by atoms with Gasteiger partial charge in [0.2, 0.25) is 0 Å². The van der Waals surface area contributed by atoms with Crippen molar-refractivity contribution in [3.63, 3.8) is 0 Å². The van der Waals surface area contributed by atoms with Gasteiger partial charge in [0.1, 0.15) is 23.1 Å². The lowest BCUT2D eigenvalue weighted by molar-refractivity contribution is -0.108. The van der Waals surface area contributed by atoms with Gasteiger partial charge in [0.25, 0.3) is 5.92 Å². The molecule has 2 aromatic rings. The first-order valence-corrected chi connectivity index (χ1v) is 10.3. The second-order valence-electron chi connectivity index (χ2n) is 6.51. The molecule has 0 aliphatic heterocycles. The smallest absolute Gasteiger partial charge is 0.287 e. The summed E-state index contributed by atoms with van der Waals surface area (Å²) < 4.78 is 53.4. The zero-order valence-corrected chi connectivity index (χ0v) is 16.9. The molecule has 2 rings (SSSR count). The molecular formula is C21H22F3N3O2S. The Morgan fingerprint density at radius 1 is 1.07 bits per heavy atom. The molecule has 0 aliphatic carbocycles. The summed E-state index contributed by atoms with van der Waals surface area (Å²) in [6, 6.07) is 11.3. The number of allylic oxidation sites excluding steroid dienone is 2. The number of alkyl halides is 2. The minimum atomic E-state index is -3.29. The number of rotatable bonds is 10. The molecule has 0 saturated carbocycles. The minimum Gasteiger partial charge on any atom is -0.397 e. The number of aliphatic imine (C=N–C) groups is 1. The molecule has 9 heteroatoms. The average Bonchev–Trinajstić information content (AvgIpc) is 2.71. The molecule has 0 amide bonds. The summed E-state index contributed by atoms with van der Waals surface area (Å²) in [4.78, 5) is 15.1. The Balaban J connectivity index is 2.38. The zero-order chi connectivity index (χ0) is 22.1. The second-order valence-corrected chi connectivity index (χ2v) is 7.58. The molecule has 1 unspecified atom stereocenters. The van der Waals surface area contributed by atoms with Gasteiger partial charge in [-0.1, -0.05) is 0 Å². The third kappa shape index (κ3) is 6.93. The van der Waals surface area contributed by atoms with Crippen molar-refractivity contribution in [3.8, 4) is 0 Å². The maximum atomic E-state index is 14.4. The van der Waals surface area contributed by atoms with Crippen LogP contribution < -0.4 is 10.9 Å². The number of benzene rings is 2. The fraction of sp³-hybridized carbons (Fsp3) is 0.238. The Morgan fingerprint density at radius 2 is 1.70 bits per heavy atom. The van der Waals surface area contributed by atoms with Crippen LogP contribution in [0.5, 0.6) is 0 Å². The summed E-state index contributed by atoms with van der Waals surface area (Å²) in [6.07, 6.45) is 1.94. The summed E-state index contributed by atoms with van der Waals surface area (Å²) in [5.41, 5.74) is 5.89. The number of carbonyl (C=O) groups is 1. The quantitative estimate of drug-likeness (QED) is 0.332. The molecule has 0 bridgehead atoms. The van der Waals surface area contributed by atoms with E-state index in [2.05, 4.69) is 4.99 Å². The van der Waals surface area contributed by atoms with E-state index in [1.807, 2.05) is 0 Å². The monoisotopic (exact) mass is 437 g/mol. The van der Waals surface area contributed by atoms with Crippen molar-refractivity contribution in [2.24, 2.45) is 15.9 Å². The Kier molecular flexibility index (Phi) is 8.49. The number of halogens is 3. The largest absolute Gasteiger partial charge is 0.397 e. The van der Waals surface area contributed by atoms with Gasteiger partial charge >= 0.3 is 0 Å². The first kappa shape index (κ1) is 23.5. The van der Waals surface area contributed by atoms with Gasteiger partial charge in [-0.25, -0.2) is 18.7 Å². The molecule has 0 aromatic heterocycles. The minimum absolute atomic E-state index is 0.113. The van der Waals surface area contributed by atoms with Crippen LogP contribution in [0.1, 0.15) is 31.2 Å². The number of nitrogens with two attached hydrogens (primary N) is 2. The van der Waals surface area contributed by atoms with Gasteiger partial charge in [0, 0.05) is 18.4 Å². The number of nitrogens with zero attached hydrogens (tertiary/aromatic N) is 1. The maximum absolute atomic E-state index is 14.4. The second kappa shape index (κ2) is 10.8. The SMILES string of the molecule is N/C(=C\C(=Nc1ccc(S(N)=O)cc1)c1ccc(F)cc1)C(F)(F)CCCCC=O. The van der Waals surface area contributed by atoms with E-state index in [-0.39, 0.29) is 18.6 Å². The van der Waals surface area contributed by atoms with Crippen molar-refractivity contribution in [2.45, 2.75) is 36.5 Å². The molecule has 0 saturated heterocycles. The van der Waals surface area contributed by atoms with Crippen LogP contribution >= 0.6 is 0 Å². The van der Waals surface area contributed by atoms with Crippen molar-refractivity contribution in [1.29, 1.82) is 0 Å². The van der Waals surface area contributed by atoms with Gasteiger partial charge in [0.05, 0.1) is 22.0 Å². The van der Waals surface area contributed by atoms with Crippen molar-refractivity contribution < 1.29 is 22.2 Å². The molecule has 0 heterocycles. The van der Waals surface area contributed by atoms with E-state index < -0.39 is 34.8 Å². The maximum Gasteiger partial charge on any atom is 0.287 e. The lowest BCUT2D eigenvalue weighted by Gasteiger charge is -2.17. The zero-order valence-electron chi connectivity index (χ0n) is 16.1. The van der Waals surface area contributed by atoms with Crippen molar-refractivity contribution >= 4 is 28.7 Å². The first-order valence-electron chi connectivity index (χ1n) is 9.13. The fourth-order valence-corrected chi connectivity index (χ4v) is 2.97. The molecule has 160 valence electrons.